The first-order valence-corrected chi connectivity index (χ1v) is 6.64. The predicted octanol–water partition coefficient (Wildman–Crippen LogP) is 2.84. The number of carboxylic acids is 1. The van der Waals surface area contributed by atoms with Crippen molar-refractivity contribution in [3.05, 3.63) is 29.6 Å². The van der Waals surface area contributed by atoms with Gasteiger partial charge in [-0.3, -0.25) is 0 Å². The van der Waals surface area contributed by atoms with Gasteiger partial charge in [0.05, 0.1) is 5.69 Å². The summed E-state index contributed by atoms with van der Waals surface area (Å²) in [6, 6.07) is 3.26. The molecule has 1 aliphatic carbocycles. The lowest BCUT2D eigenvalue weighted by Gasteiger charge is -2.13. The molecule has 0 bridgehead atoms. The standard InChI is InChI=1S/C14H17FN2O3/c15-10-6-3-7-11(12(10)13(18)19)17-14(20)16-8-9-4-1-2-5-9/h3,6-7,9H,1-2,4-5,8H2,(H,18,19)(H2,16,17,20). The fraction of sp³-hybridized carbons (Fsp3) is 0.429. The SMILES string of the molecule is O=C(NCC1CCCC1)Nc1cccc(F)c1C(=O)O. The Balaban J connectivity index is 1.96. The highest BCUT2D eigenvalue weighted by Crippen LogP contribution is 2.24. The molecule has 0 radical (unpaired) electrons. The van der Waals surface area contributed by atoms with Gasteiger partial charge in [0.25, 0.3) is 0 Å². The molecule has 0 saturated heterocycles. The Morgan fingerprint density at radius 2 is 2.00 bits per heavy atom. The molecule has 0 aromatic heterocycles. The number of hydrogen-bond acceptors (Lipinski definition) is 2. The van der Waals surface area contributed by atoms with E-state index in [0.717, 1.165) is 18.9 Å². The van der Waals surface area contributed by atoms with Crippen molar-refractivity contribution in [2.75, 3.05) is 11.9 Å². The first-order chi connectivity index (χ1) is 9.58. The topological polar surface area (TPSA) is 78.4 Å². The number of anilines is 1. The van der Waals surface area contributed by atoms with Crippen LogP contribution in [-0.2, 0) is 0 Å². The third kappa shape index (κ3) is 3.46. The van der Waals surface area contributed by atoms with Gasteiger partial charge in [-0.2, -0.15) is 0 Å². The van der Waals surface area contributed by atoms with Gasteiger partial charge in [0.2, 0.25) is 0 Å². The van der Waals surface area contributed by atoms with Crippen LogP contribution < -0.4 is 10.6 Å². The van der Waals surface area contributed by atoms with Crippen molar-refractivity contribution in [3.8, 4) is 0 Å². The molecule has 0 heterocycles. The van der Waals surface area contributed by atoms with Gasteiger partial charge in [-0.05, 0) is 30.9 Å². The fourth-order valence-electron chi connectivity index (χ4n) is 2.46. The van der Waals surface area contributed by atoms with Crippen LogP contribution in [0.3, 0.4) is 0 Å². The molecule has 0 spiro atoms. The summed E-state index contributed by atoms with van der Waals surface area (Å²) in [4.78, 5) is 22.7. The van der Waals surface area contributed by atoms with Gasteiger partial charge in [0.1, 0.15) is 11.4 Å². The second-order valence-corrected chi connectivity index (χ2v) is 4.95. The Morgan fingerprint density at radius 3 is 2.65 bits per heavy atom. The maximum atomic E-state index is 13.4. The minimum atomic E-state index is -1.41. The lowest BCUT2D eigenvalue weighted by molar-refractivity contribution is 0.0693. The van der Waals surface area contributed by atoms with Crippen molar-refractivity contribution in [1.82, 2.24) is 5.32 Å². The van der Waals surface area contributed by atoms with Crippen molar-refractivity contribution in [2.24, 2.45) is 5.92 Å². The van der Waals surface area contributed by atoms with Crippen LogP contribution in [0.2, 0.25) is 0 Å². The van der Waals surface area contributed by atoms with Gasteiger partial charge < -0.3 is 15.7 Å². The van der Waals surface area contributed by atoms with Crippen molar-refractivity contribution in [3.63, 3.8) is 0 Å². The zero-order valence-corrected chi connectivity index (χ0v) is 11.0. The number of carbonyl (C=O) groups is 2. The zero-order valence-electron chi connectivity index (χ0n) is 11.0. The molecule has 1 saturated carbocycles. The molecule has 1 aliphatic rings. The second kappa shape index (κ2) is 6.36. The van der Waals surface area contributed by atoms with Crippen LogP contribution in [0.1, 0.15) is 36.0 Å². The number of carboxylic acid groups (broad SMARTS) is 1. The summed E-state index contributed by atoms with van der Waals surface area (Å²) in [7, 11) is 0. The summed E-state index contributed by atoms with van der Waals surface area (Å²) in [5.74, 6) is -1.80. The van der Waals surface area contributed by atoms with Crippen LogP contribution in [0.5, 0.6) is 0 Å². The molecular weight excluding hydrogens is 263 g/mol. The summed E-state index contributed by atoms with van der Waals surface area (Å²) in [6.07, 6.45) is 4.56. The molecular formula is C14H17FN2O3. The highest BCUT2D eigenvalue weighted by molar-refractivity contribution is 6.00. The van der Waals surface area contributed by atoms with Crippen molar-refractivity contribution in [2.45, 2.75) is 25.7 Å². The number of urea groups is 1. The van der Waals surface area contributed by atoms with Crippen molar-refractivity contribution >= 4 is 17.7 Å². The van der Waals surface area contributed by atoms with E-state index in [1.165, 1.54) is 25.0 Å². The Kier molecular flexibility index (Phi) is 4.55. The Bertz CT molecular complexity index is 513. The third-order valence-corrected chi connectivity index (χ3v) is 3.50. The van der Waals surface area contributed by atoms with E-state index in [2.05, 4.69) is 10.6 Å². The number of benzene rings is 1. The molecule has 5 nitrogen and oxygen atoms in total. The van der Waals surface area contributed by atoms with E-state index < -0.39 is 23.4 Å². The number of aromatic carboxylic acids is 1. The third-order valence-electron chi connectivity index (χ3n) is 3.50. The molecule has 2 amide bonds. The minimum Gasteiger partial charge on any atom is -0.478 e. The van der Waals surface area contributed by atoms with E-state index in [-0.39, 0.29) is 5.69 Å². The van der Waals surface area contributed by atoms with Crippen LogP contribution in [0.4, 0.5) is 14.9 Å². The number of hydrogen-bond donors (Lipinski definition) is 3. The van der Waals surface area contributed by atoms with Crippen LogP contribution >= 0.6 is 0 Å². The maximum Gasteiger partial charge on any atom is 0.340 e. The average molecular weight is 280 g/mol. The zero-order chi connectivity index (χ0) is 14.5. The fourth-order valence-corrected chi connectivity index (χ4v) is 2.46. The maximum absolute atomic E-state index is 13.4. The summed E-state index contributed by atoms with van der Waals surface area (Å²) < 4.78 is 13.4. The number of amides is 2. The van der Waals surface area contributed by atoms with Gasteiger partial charge in [0, 0.05) is 6.54 Å². The van der Waals surface area contributed by atoms with E-state index in [9.17, 15) is 14.0 Å². The molecule has 1 aromatic rings. The van der Waals surface area contributed by atoms with E-state index in [0.29, 0.717) is 12.5 Å². The quantitative estimate of drug-likeness (QED) is 0.793. The lowest BCUT2D eigenvalue weighted by Crippen LogP contribution is -2.33. The molecule has 20 heavy (non-hydrogen) atoms. The van der Waals surface area contributed by atoms with E-state index >= 15 is 0 Å². The molecule has 2 rings (SSSR count). The van der Waals surface area contributed by atoms with Gasteiger partial charge in [0.15, 0.2) is 0 Å². The van der Waals surface area contributed by atoms with Crippen LogP contribution in [0.25, 0.3) is 0 Å². The molecule has 108 valence electrons. The minimum absolute atomic E-state index is 0.0404. The molecule has 1 aromatic carbocycles. The molecule has 6 heteroatoms. The first-order valence-electron chi connectivity index (χ1n) is 6.64. The van der Waals surface area contributed by atoms with Crippen molar-refractivity contribution in [1.29, 1.82) is 0 Å². The van der Waals surface area contributed by atoms with Gasteiger partial charge in [-0.1, -0.05) is 18.9 Å². The summed E-state index contributed by atoms with van der Waals surface area (Å²) in [5, 5.41) is 14.0. The van der Waals surface area contributed by atoms with E-state index in [1.54, 1.807) is 0 Å². The molecule has 0 unspecified atom stereocenters. The second-order valence-electron chi connectivity index (χ2n) is 4.95. The first kappa shape index (κ1) is 14.3. The largest absolute Gasteiger partial charge is 0.478 e. The molecule has 0 atom stereocenters. The Hall–Kier alpha value is -2.11. The summed E-state index contributed by atoms with van der Waals surface area (Å²) >= 11 is 0. The predicted molar refractivity (Wildman–Crippen MR) is 72.3 cm³/mol. The highest BCUT2D eigenvalue weighted by Gasteiger charge is 2.19. The molecule has 1 fully saturated rings. The van der Waals surface area contributed by atoms with Crippen LogP contribution in [0.15, 0.2) is 18.2 Å². The number of halogens is 1. The smallest absolute Gasteiger partial charge is 0.340 e. The summed E-state index contributed by atoms with van der Waals surface area (Å²) in [6.45, 7) is 0.559. The number of rotatable bonds is 4. The van der Waals surface area contributed by atoms with E-state index in [4.69, 9.17) is 5.11 Å². The summed E-state index contributed by atoms with van der Waals surface area (Å²) in [5.41, 5.74) is -0.565. The monoisotopic (exact) mass is 280 g/mol. The normalized spacial score (nSPS) is 15.1. The van der Waals surface area contributed by atoms with Crippen LogP contribution in [-0.4, -0.2) is 23.7 Å². The average Bonchev–Trinajstić information content (AvgIpc) is 2.89. The Labute approximate surface area is 116 Å². The molecule has 3 N–H and O–H groups in total. The molecule has 0 aliphatic heterocycles. The van der Waals surface area contributed by atoms with Crippen molar-refractivity contribution < 1.29 is 19.1 Å². The van der Waals surface area contributed by atoms with Crippen LogP contribution in [0, 0.1) is 11.7 Å². The highest BCUT2D eigenvalue weighted by atomic mass is 19.1. The Morgan fingerprint density at radius 1 is 1.30 bits per heavy atom. The van der Waals surface area contributed by atoms with Gasteiger partial charge in [-0.15, -0.1) is 0 Å². The van der Waals surface area contributed by atoms with E-state index in [1.807, 2.05) is 0 Å². The number of nitrogens with one attached hydrogen (secondary N) is 2. The van der Waals surface area contributed by atoms with Gasteiger partial charge in [-0.25, -0.2) is 14.0 Å². The number of carbonyl (C=O) groups excluding carboxylic acids is 1. The van der Waals surface area contributed by atoms with Gasteiger partial charge >= 0.3 is 12.0 Å². The lowest BCUT2D eigenvalue weighted by atomic mass is 10.1.